The summed E-state index contributed by atoms with van der Waals surface area (Å²) >= 11 is 0. The predicted molar refractivity (Wildman–Crippen MR) is 74.0 cm³/mol. The van der Waals surface area contributed by atoms with Gasteiger partial charge in [-0.3, -0.25) is 4.99 Å². The molecular weight excluding hydrogens is 238 g/mol. The van der Waals surface area contributed by atoms with Gasteiger partial charge in [0.15, 0.2) is 0 Å². The number of esters is 1. The largest absolute Gasteiger partial charge is 0.456 e. The first-order valence-corrected chi connectivity index (χ1v) is 7.10. The molecule has 1 heterocycles. The molecule has 0 N–H and O–H groups in total. The van der Waals surface area contributed by atoms with Crippen LogP contribution in [-0.4, -0.2) is 17.7 Å². The summed E-state index contributed by atoms with van der Waals surface area (Å²) in [6, 6.07) is 10.2. The number of hydrogen-bond donors (Lipinski definition) is 0. The first kappa shape index (κ1) is 12.4. The van der Waals surface area contributed by atoms with E-state index in [0.29, 0.717) is 24.3 Å². The highest BCUT2D eigenvalue weighted by atomic mass is 16.5. The molecule has 19 heavy (non-hydrogen) atoms. The third-order valence-corrected chi connectivity index (χ3v) is 4.09. The molecule has 2 aliphatic rings. The number of aliphatic imine (C=N–C) groups is 1. The summed E-state index contributed by atoms with van der Waals surface area (Å²) in [5.41, 5.74) is 1.68. The molecule has 1 aromatic rings. The minimum atomic E-state index is -0.224. The maximum atomic E-state index is 12.0. The van der Waals surface area contributed by atoms with E-state index < -0.39 is 0 Å². The molecule has 3 nitrogen and oxygen atoms in total. The van der Waals surface area contributed by atoms with Crippen LogP contribution >= 0.6 is 0 Å². The van der Waals surface area contributed by atoms with Crippen LogP contribution in [0.1, 0.15) is 37.7 Å². The molecule has 0 amide bonds. The van der Waals surface area contributed by atoms with Crippen LogP contribution in [-0.2, 0) is 16.1 Å². The first-order chi connectivity index (χ1) is 9.33. The summed E-state index contributed by atoms with van der Waals surface area (Å²) in [5.74, 6) is 0.367. The van der Waals surface area contributed by atoms with Gasteiger partial charge in [0.1, 0.15) is 12.3 Å². The number of rotatable bonds is 3. The first-order valence-electron chi connectivity index (χ1n) is 7.10. The minimum Gasteiger partial charge on any atom is -0.456 e. The van der Waals surface area contributed by atoms with Gasteiger partial charge in [0, 0.05) is 6.42 Å². The Hall–Kier alpha value is -1.64. The standard InChI is InChI=1S/C16H19NO2/c18-16(19-11-12-6-2-1-3-7-12)15-10-13-8-4-5-9-14(13)17-15/h1-3,6-7,13-14H,4-5,8-11H2/t13-,14-/m0/s1. The van der Waals surface area contributed by atoms with Gasteiger partial charge in [-0.05, 0) is 24.3 Å². The fourth-order valence-electron chi connectivity index (χ4n) is 3.04. The molecule has 3 rings (SSSR count). The monoisotopic (exact) mass is 257 g/mol. The summed E-state index contributed by atoms with van der Waals surface area (Å²) < 4.78 is 5.35. The molecule has 3 heteroatoms. The molecule has 100 valence electrons. The highest BCUT2D eigenvalue weighted by Crippen LogP contribution is 2.34. The van der Waals surface area contributed by atoms with Crippen molar-refractivity contribution >= 4 is 11.7 Å². The Balaban J connectivity index is 1.56. The van der Waals surface area contributed by atoms with E-state index in [0.717, 1.165) is 18.4 Å². The van der Waals surface area contributed by atoms with Gasteiger partial charge in [-0.25, -0.2) is 4.79 Å². The van der Waals surface area contributed by atoms with E-state index >= 15 is 0 Å². The van der Waals surface area contributed by atoms with Gasteiger partial charge in [0.2, 0.25) is 0 Å². The molecule has 1 aliphatic carbocycles. The Labute approximate surface area is 113 Å². The van der Waals surface area contributed by atoms with E-state index in [4.69, 9.17) is 4.74 Å². The van der Waals surface area contributed by atoms with Crippen LogP contribution in [0.2, 0.25) is 0 Å². The number of nitrogens with zero attached hydrogens (tertiary/aromatic N) is 1. The maximum Gasteiger partial charge on any atom is 0.352 e. The highest BCUT2D eigenvalue weighted by Gasteiger charge is 2.34. The van der Waals surface area contributed by atoms with Gasteiger partial charge in [-0.2, -0.15) is 0 Å². The van der Waals surface area contributed by atoms with E-state index in [1.54, 1.807) is 0 Å². The van der Waals surface area contributed by atoms with Crippen molar-refractivity contribution in [3.05, 3.63) is 35.9 Å². The van der Waals surface area contributed by atoms with Crippen LogP contribution in [0.25, 0.3) is 0 Å². The number of ether oxygens (including phenoxy) is 1. The Morgan fingerprint density at radius 2 is 2.00 bits per heavy atom. The van der Waals surface area contributed by atoms with E-state index in [9.17, 15) is 4.79 Å². The van der Waals surface area contributed by atoms with E-state index in [2.05, 4.69) is 4.99 Å². The molecule has 1 aliphatic heterocycles. The Morgan fingerprint density at radius 1 is 1.21 bits per heavy atom. The van der Waals surface area contributed by atoms with E-state index in [1.807, 2.05) is 30.3 Å². The summed E-state index contributed by atoms with van der Waals surface area (Å²) in [5, 5.41) is 0. The van der Waals surface area contributed by atoms with Crippen LogP contribution in [0.15, 0.2) is 35.3 Å². The molecule has 0 unspecified atom stereocenters. The lowest BCUT2D eigenvalue weighted by Crippen LogP contribution is -2.19. The number of carbonyl (C=O) groups excluding carboxylic acids is 1. The van der Waals surface area contributed by atoms with Crippen molar-refractivity contribution < 1.29 is 9.53 Å². The average molecular weight is 257 g/mol. The van der Waals surface area contributed by atoms with Gasteiger partial charge < -0.3 is 4.74 Å². The van der Waals surface area contributed by atoms with Gasteiger partial charge in [-0.15, -0.1) is 0 Å². The Kier molecular flexibility index (Phi) is 3.62. The fraction of sp³-hybridized carbons (Fsp3) is 0.500. The third kappa shape index (κ3) is 2.86. The molecule has 0 bridgehead atoms. The topological polar surface area (TPSA) is 38.7 Å². The lowest BCUT2D eigenvalue weighted by atomic mass is 9.84. The van der Waals surface area contributed by atoms with Gasteiger partial charge in [0.25, 0.3) is 0 Å². The van der Waals surface area contributed by atoms with Crippen molar-refractivity contribution in [2.24, 2.45) is 10.9 Å². The maximum absolute atomic E-state index is 12.0. The lowest BCUT2D eigenvalue weighted by Gasteiger charge is -2.22. The van der Waals surface area contributed by atoms with Crippen LogP contribution in [0.3, 0.4) is 0 Å². The zero-order chi connectivity index (χ0) is 13.1. The summed E-state index contributed by atoms with van der Waals surface area (Å²) in [7, 11) is 0. The molecule has 0 aromatic heterocycles. The Bertz CT molecular complexity index is 481. The molecule has 1 aromatic carbocycles. The van der Waals surface area contributed by atoms with Gasteiger partial charge in [0.05, 0.1) is 6.04 Å². The SMILES string of the molecule is O=C(OCc1ccccc1)C1=N[C@H]2CCCC[C@H]2C1. The second-order valence-corrected chi connectivity index (χ2v) is 5.45. The zero-order valence-electron chi connectivity index (χ0n) is 11.0. The number of carbonyl (C=O) groups is 1. The predicted octanol–water partition coefficient (Wildman–Crippen LogP) is 3.13. The van der Waals surface area contributed by atoms with E-state index in [1.165, 1.54) is 19.3 Å². The molecular formula is C16H19NO2. The van der Waals surface area contributed by atoms with Crippen molar-refractivity contribution in [2.45, 2.75) is 44.8 Å². The zero-order valence-corrected chi connectivity index (χ0v) is 11.0. The second kappa shape index (κ2) is 5.55. The molecule has 0 radical (unpaired) electrons. The molecule has 0 saturated heterocycles. The van der Waals surface area contributed by atoms with Crippen molar-refractivity contribution in [3.63, 3.8) is 0 Å². The molecule has 2 atom stereocenters. The number of benzene rings is 1. The summed E-state index contributed by atoms with van der Waals surface area (Å²) in [6.07, 6.45) is 5.70. The van der Waals surface area contributed by atoms with Crippen LogP contribution in [0, 0.1) is 5.92 Å². The third-order valence-electron chi connectivity index (χ3n) is 4.09. The minimum absolute atomic E-state index is 0.224. The van der Waals surface area contributed by atoms with Crippen molar-refractivity contribution in [1.82, 2.24) is 0 Å². The molecule has 1 saturated carbocycles. The van der Waals surface area contributed by atoms with Crippen molar-refractivity contribution in [2.75, 3.05) is 0 Å². The summed E-state index contributed by atoms with van der Waals surface area (Å²) in [6.45, 7) is 0.341. The molecule has 0 spiro atoms. The second-order valence-electron chi connectivity index (χ2n) is 5.45. The summed E-state index contributed by atoms with van der Waals surface area (Å²) in [4.78, 5) is 16.6. The number of fused-ring (bicyclic) bond motifs is 1. The number of hydrogen-bond acceptors (Lipinski definition) is 3. The lowest BCUT2D eigenvalue weighted by molar-refractivity contribution is -0.136. The van der Waals surface area contributed by atoms with Crippen molar-refractivity contribution in [1.29, 1.82) is 0 Å². The fourth-order valence-corrected chi connectivity index (χ4v) is 3.04. The smallest absolute Gasteiger partial charge is 0.352 e. The Morgan fingerprint density at radius 3 is 2.79 bits per heavy atom. The van der Waals surface area contributed by atoms with E-state index in [-0.39, 0.29) is 5.97 Å². The quantitative estimate of drug-likeness (QED) is 0.780. The average Bonchev–Trinajstić information content (AvgIpc) is 2.90. The van der Waals surface area contributed by atoms with Crippen molar-refractivity contribution in [3.8, 4) is 0 Å². The van der Waals surface area contributed by atoms with Crippen LogP contribution in [0.5, 0.6) is 0 Å². The normalized spacial score (nSPS) is 25.6. The van der Waals surface area contributed by atoms with Crippen LogP contribution < -0.4 is 0 Å². The molecule has 1 fully saturated rings. The highest BCUT2D eigenvalue weighted by molar-refractivity contribution is 6.37. The van der Waals surface area contributed by atoms with Crippen LogP contribution in [0.4, 0.5) is 0 Å². The van der Waals surface area contributed by atoms with Gasteiger partial charge >= 0.3 is 5.97 Å². The van der Waals surface area contributed by atoms with Gasteiger partial charge in [-0.1, -0.05) is 43.2 Å².